The van der Waals surface area contributed by atoms with Crippen LogP contribution in [0.25, 0.3) is 0 Å². The first-order chi connectivity index (χ1) is 8.13. The van der Waals surface area contributed by atoms with Crippen molar-refractivity contribution in [3.63, 3.8) is 0 Å². The number of rotatable bonds is 5. The van der Waals surface area contributed by atoms with Crippen LogP contribution < -0.4 is 10.6 Å². The van der Waals surface area contributed by atoms with Gasteiger partial charge in [-0.15, -0.1) is 0 Å². The van der Waals surface area contributed by atoms with Crippen LogP contribution in [0.15, 0.2) is 24.3 Å². The summed E-state index contributed by atoms with van der Waals surface area (Å²) < 4.78 is 5.02. The van der Waals surface area contributed by atoms with E-state index in [1.54, 1.807) is 18.2 Å². The number of nitrogens with two attached hydrogens (primary N) is 1. The van der Waals surface area contributed by atoms with Crippen molar-refractivity contribution < 1.29 is 14.6 Å². The van der Waals surface area contributed by atoms with Crippen LogP contribution in [0.2, 0.25) is 0 Å². The van der Waals surface area contributed by atoms with E-state index in [1.165, 1.54) is 18.1 Å². The Kier molecular flexibility index (Phi) is 4.93. The van der Waals surface area contributed by atoms with E-state index in [9.17, 15) is 9.90 Å². The zero-order chi connectivity index (χ0) is 12.8. The van der Waals surface area contributed by atoms with E-state index in [0.29, 0.717) is 12.2 Å². The number of carbonyl (C=O) groups excluding carboxylic acids is 1. The van der Waals surface area contributed by atoms with Crippen LogP contribution in [0.3, 0.4) is 0 Å². The molecule has 0 bridgehead atoms. The van der Waals surface area contributed by atoms with Gasteiger partial charge < -0.3 is 20.5 Å². The average Bonchev–Trinajstić information content (AvgIpc) is 2.31. The van der Waals surface area contributed by atoms with Gasteiger partial charge in [0.25, 0.3) is 5.91 Å². The van der Waals surface area contributed by atoms with Crippen LogP contribution in [0.4, 0.5) is 5.69 Å². The molecule has 0 aliphatic rings. The molecule has 1 amide bonds. The third-order valence-electron chi connectivity index (χ3n) is 2.50. The summed E-state index contributed by atoms with van der Waals surface area (Å²) in [4.78, 5) is 13.6. The molecule has 0 radical (unpaired) electrons. The lowest BCUT2D eigenvalue weighted by atomic mass is 10.2. The molecule has 0 fully saturated rings. The molecular weight excluding hydrogens is 220 g/mol. The van der Waals surface area contributed by atoms with Gasteiger partial charge in [-0.2, -0.15) is 0 Å². The Morgan fingerprint density at radius 2 is 2.29 bits per heavy atom. The molecule has 1 atom stereocenters. The van der Waals surface area contributed by atoms with Gasteiger partial charge in [0, 0.05) is 32.0 Å². The molecule has 1 rings (SSSR count). The highest BCUT2D eigenvalue weighted by Crippen LogP contribution is 2.20. The molecule has 0 saturated carbocycles. The Balaban J connectivity index is 2.95. The molecule has 0 heterocycles. The van der Waals surface area contributed by atoms with Gasteiger partial charge in [0.1, 0.15) is 11.9 Å². The van der Waals surface area contributed by atoms with Crippen molar-refractivity contribution in [1.82, 2.24) is 0 Å². The van der Waals surface area contributed by atoms with Crippen LogP contribution in [0.1, 0.15) is 6.92 Å². The minimum absolute atomic E-state index is 0.121. The lowest BCUT2D eigenvalue weighted by Crippen LogP contribution is -2.43. The highest BCUT2D eigenvalue weighted by atomic mass is 16.5. The van der Waals surface area contributed by atoms with Gasteiger partial charge in [0.15, 0.2) is 0 Å². The molecule has 5 heteroatoms. The third-order valence-corrected chi connectivity index (χ3v) is 2.50. The summed E-state index contributed by atoms with van der Waals surface area (Å²) in [5.74, 6) is -0.0847. The van der Waals surface area contributed by atoms with Crippen LogP contribution in [-0.4, -0.2) is 37.3 Å². The molecule has 1 unspecified atom stereocenters. The molecule has 1 aromatic carbocycles. The van der Waals surface area contributed by atoms with E-state index in [2.05, 4.69) is 0 Å². The van der Waals surface area contributed by atoms with Crippen LogP contribution >= 0.6 is 0 Å². The summed E-state index contributed by atoms with van der Waals surface area (Å²) in [5.41, 5.74) is 6.10. The van der Waals surface area contributed by atoms with E-state index in [4.69, 9.17) is 10.5 Å². The first kappa shape index (κ1) is 13.5. The monoisotopic (exact) mass is 238 g/mol. The number of likely N-dealkylation sites (N-methyl/N-ethyl adjacent to an activating group) is 1. The van der Waals surface area contributed by atoms with Crippen molar-refractivity contribution >= 4 is 11.6 Å². The molecule has 5 nitrogen and oxygen atoms in total. The second-order valence-electron chi connectivity index (χ2n) is 3.56. The number of ether oxygens (including phenoxy) is 1. The number of carbonyl (C=O) groups is 1. The van der Waals surface area contributed by atoms with Gasteiger partial charge in [0.2, 0.25) is 0 Å². The number of benzene rings is 1. The fourth-order valence-corrected chi connectivity index (χ4v) is 1.60. The number of hydrogen-bond acceptors (Lipinski definition) is 4. The predicted molar refractivity (Wildman–Crippen MR) is 66.0 cm³/mol. The Bertz CT molecular complexity index is 378. The maximum absolute atomic E-state index is 12.1. The third kappa shape index (κ3) is 3.18. The number of methoxy groups -OCH3 is 1. The summed E-state index contributed by atoms with van der Waals surface area (Å²) in [7, 11) is 1.45. The van der Waals surface area contributed by atoms with Gasteiger partial charge >= 0.3 is 0 Å². The predicted octanol–water partition coefficient (Wildman–Crippen LogP) is 0.719. The van der Waals surface area contributed by atoms with Crippen molar-refractivity contribution in [2.75, 3.05) is 25.1 Å². The van der Waals surface area contributed by atoms with Crippen molar-refractivity contribution in [3.05, 3.63) is 24.3 Å². The largest absolute Gasteiger partial charge is 0.508 e. The molecule has 17 heavy (non-hydrogen) atoms. The van der Waals surface area contributed by atoms with E-state index in [0.717, 1.165) is 0 Å². The molecular formula is C12H18N2O3. The van der Waals surface area contributed by atoms with Crippen LogP contribution in [0.5, 0.6) is 5.75 Å². The molecule has 1 aromatic rings. The maximum atomic E-state index is 12.1. The fraction of sp³-hybridized carbons (Fsp3) is 0.417. The SMILES string of the molecule is CCN(C(=O)C(CN)OC)c1cccc(O)c1. The number of aromatic hydroxyl groups is 1. The number of anilines is 1. The number of amides is 1. The van der Waals surface area contributed by atoms with E-state index >= 15 is 0 Å². The molecule has 0 saturated heterocycles. The highest BCUT2D eigenvalue weighted by Gasteiger charge is 2.23. The first-order valence-corrected chi connectivity index (χ1v) is 5.47. The van der Waals surface area contributed by atoms with Crippen molar-refractivity contribution in [2.45, 2.75) is 13.0 Å². The van der Waals surface area contributed by atoms with Gasteiger partial charge in [-0.25, -0.2) is 0 Å². The summed E-state index contributed by atoms with van der Waals surface area (Å²) in [6.45, 7) is 2.47. The molecule has 3 N–H and O–H groups in total. The summed E-state index contributed by atoms with van der Waals surface area (Å²) in [6, 6.07) is 6.53. The lowest BCUT2D eigenvalue weighted by Gasteiger charge is -2.25. The van der Waals surface area contributed by atoms with Crippen molar-refractivity contribution in [2.24, 2.45) is 5.73 Å². The van der Waals surface area contributed by atoms with Gasteiger partial charge in [-0.1, -0.05) is 6.07 Å². The topological polar surface area (TPSA) is 75.8 Å². The minimum atomic E-state index is -0.655. The first-order valence-electron chi connectivity index (χ1n) is 5.47. The Labute approximate surface area is 101 Å². The molecule has 0 spiro atoms. The second kappa shape index (κ2) is 6.22. The van der Waals surface area contributed by atoms with Gasteiger partial charge in [-0.3, -0.25) is 4.79 Å². The lowest BCUT2D eigenvalue weighted by molar-refractivity contribution is -0.127. The minimum Gasteiger partial charge on any atom is -0.508 e. The van der Waals surface area contributed by atoms with E-state index in [1.807, 2.05) is 6.92 Å². The smallest absolute Gasteiger partial charge is 0.257 e. The Hall–Kier alpha value is -1.59. The summed E-state index contributed by atoms with van der Waals surface area (Å²) in [5, 5.41) is 9.40. The fourth-order valence-electron chi connectivity index (χ4n) is 1.60. The van der Waals surface area contributed by atoms with Gasteiger partial charge in [-0.05, 0) is 19.1 Å². The average molecular weight is 238 g/mol. The van der Waals surface area contributed by atoms with Crippen molar-refractivity contribution in [3.8, 4) is 5.75 Å². The number of nitrogens with zero attached hydrogens (tertiary/aromatic N) is 1. The Morgan fingerprint density at radius 1 is 1.59 bits per heavy atom. The number of hydrogen-bond donors (Lipinski definition) is 2. The normalized spacial score (nSPS) is 12.2. The van der Waals surface area contributed by atoms with Crippen LogP contribution in [-0.2, 0) is 9.53 Å². The molecule has 0 aliphatic heterocycles. The molecule has 0 aromatic heterocycles. The van der Waals surface area contributed by atoms with Crippen LogP contribution in [0, 0.1) is 0 Å². The second-order valence-corrected chi connectivity index (χ2v) is 3.56. The zero-order valence-corrected chi connectivity index (χ0v) is 10.1. The molecule has 0 aliphatic carbocycles. The zero-order valence-electron chi connectivity index (χ0n) is 10.1. The van der Waals surface area contributed by atoms with Crippen molar-refractivity contribution in [1.29, 1.82) is 0 Å². The number of phenols is 1. The Morgan fingerprint density at radius 3 is 2.76 bits per heavy atom. The summed E-state index contributed by atoms with van der Waals surface area (Å²) >= 11 is 0. The van der Waals surface area contributed by atoms with E-state index < -0.39 is 6.10 Å². The number of phenolic OH excluding ortho intramolecular Hbond substituents is 1. The van der Waals surface area contributed by atoms with Gasteiger partial charge in [0.05, 0.1) is 0 Å². The van der Waals surface area contributed by atoms with E-state index in [-0.39, 0.29) is 18.2 Å². The molecule has 94 valence electrons. The summed E-state index contributed by atoms with van der Waals surface area (Å²) in [6.07, 6.45) is -0.655. The quantitative estimate of drug-likeness (QED) is 0.792. The standard InChI is InChI=1S/C12H18N2O3/c1-3-14(12(16)11(8-13)17-2)9-5-4-6-10(15)7-9/h4-7,11,15H,3,8,13H2,1-2H3. The highest BCUT2D eigenvalue weighted by molar-refractivity contribution is 5.96. The maximum Gasteiger partial charge on any atom is 0.257 e.